The molecule has 0 unspecified atom stereocenters. The monoisotopic (exact) mass is 339 g/mol. The van der Waals surface area contributed by atoms with Crippen molar-refractivity contribution in [2.75, 3.05) is 27.9 Å². The van der Waals surface area contributed by atoms with Gasteiger partial charge in [-0.05, 0) is 12.8 Å². The lowest BCUT2D eigenvalue weighted by Crippen LogP contribution is -2.50. The van der Waals surface area contributed by atoms with Crippen LogP contribution in [-0.4, -0.2) is 56.7 Å². The van der Waals surface area contributed by atoms with Gasteiger partial charge in [0.05, 0.1) is 33.3 Å². The van der Waals surface area contributed by atoms with Gasteiger partial charge in [0.15, 0.2) is 0 Å². The van der Waals surface area contributed by atoms with E-state index in [9.17, 15) is 14.4 Å². The van der Waals surface area contributed by atoms with Crippen molar-refractivity contribution >= 4 is 17.9 Å². The molecular formula is C17H25NO6. The highest BCUT2D eigenvalue weighted by molar-refractivity contribution is 6.01. The Kier molecular flexibility index (Phi) is 5.85. The van der Waals surface area contributed by atoms with Gasteiger partial charge in [0.25, 0.3) is 0 Å². The number of methoxy groups -OCH3 is 3. The molecule has 134 valence electrons. The van der Waals surface area contributed by atoms with E-state index in [0.717, 1.165) is 32.2 Å². The second-order valence-electron chi connectivity index (χ2n) is 6.21. The summed E-state index contributed by atoms with van der Waals surface area (Å²) >= 11 is 0. The number of fused-ring (bicyclic) bond motifs is 1. The van der Waals surface area contributed by atoms with Gasteiger partial charge in [-0.25, -0.2) is 4.79 Å². The first-order valence-electron chi connectivity index (χ1n) is 8.22. The zero-order chi connectivity index (χ0) is 17.7. The van der Waals surface area contributed by atoms with Crippen molar-refractivity contribution in [3.05, 3.63) is 11.8 Å². The number of carbonyl (C=O) groups is 3. The highest BCUT2D eigenvalue weighted by atomic mass is 16.5. The summed E-state index contributed by atoms with van der Waals surface area (Å²) in [5.74, 6) is -1.77. The summed E-state index contributed by atoms with van der Waals surface area (Å²) in [7, 11) is 3.79. The Labute approximate surface area is 141 Å². The Balaban J connectivity index is 2.53. The van der Waals surface area contributed by atoms with Crippen molar-refractivity contribution in [1.82, 2.24) is 4.90 Å². The molecule has 0 aromatic heterocycles. The van der Waals surface area contributed by atoms with Gasteiger partial charge < -0.3 is 19.1 Å². The average molecular weight is 339 g/mol. The van der Waals surface area contributed by atoms with Crippen LogP contribution < -0.4 is 0 Å². The maximum atomic E-state index is 12.8. The smallest absolute Gasteiger partial charge is 0.336 e. The number of nitrogens with zero attached hydrogens (tertiary/aromatic N) is 1. The van der Waals surface area contributed by atoms with E-state index in [-0.39, 0.29) is 18.0 Å². The van der Waals surface area contributed by atoms with E-state index in [2.05, 4.69) is 0 Å². The molecule has 0 spiro atoms. The fraction of sp³-hybridized carbons (Fsp3) is 0.706. The zero-order valence-corrected chi connectivity index (χ0v) is 14.5. The number of carbonyl (C=O) groups excluding carboxylic acids is 3. The van der Waals surface area contributed by atoms with E-state index in [0.29, 0.717) is 6.42 Å². The van der Waals surface area contributed by atoms with Crippen molar-refractivity contribution in [2.24, 2.45) is 5.41 Å². The lowest BCUT2D eigenvalue weighted by molar-refractivity contribution is -0.162. The maximum Gasteiger partial charge on any atom is 0.336 e. The highest BCUT2D eigenvalue weighted by Gasteiger charge is 2.59. The second-order valence-corrected chi connectivity index (χ2v) is 6.21. The van der Waals surface area contributed by atoms with Crippen LogP contribution in [0.3, 0.4) is 0 Å². The lowest BCUT2D eigenvalue weighted by atomic mass is 9.71. The normalized spacial score (nSPS) is 26.5. The van der Waals surface area contributed by atoms with E-state index in [1.54, 1.807) is 6.20 Å². The van der Waals surface area contributed by atoms with Crippen LogP contribution in [0.1, 0.15) is 38.5 Å². The maximum absolute atomic E-state index is 12.8. The van der Waals surface area contributed by atoms with Crippen molar-refractivity contribution in [3.63, 3.8) is 0 Å². The van der Waals surface area contributed by atoms with Crippen molar-refractivity contribution in [3.8, 4) is 0 Å². The van der Waals surface area contributed by atoms with E-state index in [1.165, 1.54) is 21.3 Å². The minimum Gasteiger partial charge on any atom is -0.469 e. The number of hydrogen-bond acceptors (Lipinski definition) is 7. The van der Waals surface area contributed by atoms with E-state index in [4.69, 9.17) is 14.2 Å². The highest BCUT2D eigenvalue weighted by Crippen LogP contribution is 2.48. The number of hydrogen-bond donors (Lipinski definition) is 0. The van der Waals surface area contributed by atoms with Crippen LogP contribution in [-0.2, 0) is 28.6 Å². The van der Waals surface area contributed by atoms with Gasteiger partial charge in [-0.15, -0.1) is 0 Å². The quantitative estimate of drug-likeness (QED) is 0.566. The van der Waals surface area contributed by atoms with Crippen molar-refractivity contribution < 1.29 is 28.6 Å². The molecule has 0 aromatic rings. The minimum absolute atomic E-state index is 0.175. The Hall–Kier alpha value is -2.05. The number of esters is 3. The molecule has 0 N–H and O–H groups in total. The molecule has 2 heterocycles. The van der Waals surface area contributed by atoms with Crippen LogP contribution in [0.25, 0.3) is 0 Å². The molecule has 0 aromatic carbocycles. The molecule has 2 rings (SSSR count). The first-order chi connectivity index (χ1) is 11.5. The van der Waals surface area contributed by atoms with E-state index < -0.39 is 23.3 Å². The van der Waals surface area contributed by atoms with Crippen LogP contribution in [0.2, 0.25) is 0 Å². The van der Waals surface area contributed by atoms with Gasteiger partial charge in [-0.2, -0.15) is 0 Å². The molecule has 24 heavy (non-hydrogen) atoms. The van der Waals surface area contributed by atoms with Crippen molar-refractivity contribution in [1.29, 1.82) is 0 Å². The molecule has 0 aliphatic carbocycles. The Morgan fingerprint density at radius 1 is 1.08 bits per heavy atom. The molecule has 2 atom stereocenters. The first kappa shape index (κ1) is 18.3. The van der Waals surface area contributed by atoms with E-state index >= 15 is 0 Å². The average Bonchev–Trinajstić information content (AvgIpc) is 2.86. The van der Waals surface area contributed by atoms with Gasteiger partial charge in [-0.1, -0.05) is 19.3 Å². The first-order valence-corrected chi connectivity index (χ1v) is 8.22. The third kappa shape index (κ3) is 3.12. The summed E-state index contributed by atoms with van der Waals surface area (Å²) in [5, 5.41) is 0. The SMILES string of the molecule is COC(=O)C[C@@]1(C(=O)OC)C(C(=O)OC)=CN2CCCCCC[C@@H]21. The van der Waals surface area contributed by atoms with Gasteiger partial charge in [0.2, 0.25) is 0 Å². The predicted molar refractivity (Wildman–Crippen MR) is 84.8 cm³/mol. The number of ether oxygens (including phenoxy) is 3. The van der Waals surface area contributed by atoms with Crippen molar-refractivity contribution in [2.45, 2.75) is 44.6 Å². The molecule has 0 amide bonds. The molecule has 2 aliphatic heterocycles. The predicted octanol–water partition coefficient (Wildman–Crippen LogP) is 1.41. The zero-order valence-electron chi connectivity index (χ0n) is 14.5. The summed E-state index contributed by atoms with van der Waals surface area (Å²) in [6.45, 7) is 0.727. The van der Waals surface area contributed by atoms with Crippen LogP contribution in [0.5, 0.6) is 0 Å². The van der Waals surface area contributed by atoms with Gasteiger partial charge >= 0.3 is 17.9 Å². The second kappa shape index (κ2) is 7.68. The standard InChI is InChI=1S/C17H25NO6/c1-22-14(19)10-17(16(21)24-3)12(15(20)23-2)11-18-9-7-5-4-6-8-13(17)18/h11,13H,4-10H2,1-3H3/t13-,17-/m1/s1. The van der Waals surface area contributed by atoms with Crippen LogP contribution in [0.15, 0.2) is 11.8 Å². The molecule has 1 saturated heterocycles. The molecule has 7 nitrogen and oxygen atoms in total. The summed E-state index contributed by atoms with van der Waals surface area (Å²) in [5.41, 5.74) is -1.21. The molecule has 0 saturated carbocycles. The molecule has 0 bridgehead atoms. The minimum atomic E-state index is -1.38. The molecule has 2 aliphatic rings. The Morgan fingerprint density at radius 3 is 2.42 bits per heavy atom. The third-order valence-electron chi connectivity index (χ3n) is 4.99. The van der Waals surface area contributed by atoms with Crippen LogP contribution in [0, 0.1) is 5.41 Å². The van der Waals surface area contributed by atoms with Crippen LogP contribution >= 0.6 is 0 Å². The molecular weight excluding hydrogens is 314 g/mol. The molecule has 1 fully saturated rings. The fourth-order valence-electron chi connectivity index (χ4n) is 3.81. The Bertz CT molecular complexity index is 543. The van der Waals surface area contributed by atoms with Gasteiger partial charge in [0, 0.05) is 18.8 Å². The lowest BCUT2D eigenvalue weighted by Gasteiger charge is -2.38. The third-order valence-corrected chi connectivity index (χ3v) is 4.99. The van der Waals surface area contributed by atoms with Crippen LogP contribution in [0.4, 0.5) is 0 Å². The molecule has 0 radical (unpaired) electrons. The number of rotatable bonds is 4. The summed E-state index contributed by atoms with van der Waals surface area (Å²) in [4.78, 5) is 39.2. The summed E-state index contributed by atoms with van der Waals surface area (Å²) in [6, 6.07) is -0.307. The van der Waals surface area contributed by atoms with E-state index in [1.807, 2.05) is 4.90 Å². The Morgan fingerprint density at radius 2 is 1.79 bits per heavy atom. The summed E-state index contributed by atoms with van der Waals surface area (Å²) in [6.07, 6.45) is 6.18. The van der Waals surface area contributed by atoms with Gasteiger partial charge in [-0.3, -0.25) is 9.59 Å². The summed E-state index contributed by atoms with van der Waals surface area (Å²) < 4.78 is 14.7. The molecule has 7 heteroatoms. The fourth-order valence-corrected chi connectivity index (χ4v) is 3.81. The van der Waals surface area contributed by atoms with Gasteiger partial charge in [0.1, 0.15) is 5.41 Å². The topological polar surface area (TPSA) is 82.1 Å². The largest absolute Gasteiger partial charge is 0.469 e.